The van der Waals surface area contributed by atoms with E-state index in [2.05, 4.69) is 0 Å². The topological polar surface area (TPSA) is 238 Å². The van der Waals surface area contributed by atoms with Gasteiger partial charge in [-0.25, -0.2) is 0 Å². The molecule has 0 aromatic rings. The van der Waals surface area contributed by atoms with Crippen LogP contribution in [0.4, 0.5) is 0 Å². The van der Waals surface area contributed by atoms with Crippen LogP contribution in [0.25, 0.3) is 0 Å². The van der Waals surface area contributed by atoms with Gasteiger partial charge in [-0.3, -0.25) is 0 Å². The average molecular weight is 321 g/mol. The second-order valence-electron chi connectivity index (χ2n) is 0.316. The molecule has 0 amide bonds. The van der Waals surface area contributed by atoms with Crippen LogP contribution in [0.1, 0.15) is 0 Å². The zero-order chi connectivity index (χ0) is 8.12. The standard InChI is InChI=1S/3BHO2.3K.4H2O/c3*2-1-3;;;;;;;/h3*2H;;;;4*1H2. The molecule has 16 heavy (non-hydrogen) atoms. The zero-order valence-corrected chi connectivity index (χ0v) is 18.7. The average Bonchev–Trinajstić information content (AvgIpc) is 1.70. The van der Waals surface area contributed by atoms with Gasteiger partial charge >= 0.3 is 51.2 Å². The van der Waals surface area contributed by atoms with Crippen molar-refractivity contribution in [2.24, 2.45) is 0 Å². The molecule has 0 aliphatic carbocycles. The van der Waals surface area contributed by atoms with E-state index in [1.165, 1.54) is 0 Å². The molecule has 0 unspecified atom stereocenters. The third-order valence-corrected chi connectivity index (χ3v) is 0. The molecule has 0 saturated heterocycles. The van der Waals surface area contributed by atoms with Crippen LogP contribution < -0.4 is 0 Å². The normalized spacial score (nSPS) is 1.50. The van der Waals surface area contributed by atoms with Crippen molar-refractivity contribution in [3.05, 3.63) is 0 Å². The van der Waals surface area contributed by atoms with Crippen molar-refractivity contribution in [2.45, 2.75) is 0 Å². The molecular formula is H11B3K3O10. The summed E-state index contributed by atoms with van der Waals surface area (Å²) in [4.78, 5) is 0. The molecule has 0 aliphatic heterocycles. The molecule has 0 bridgehead atoms. The minimum absolute atomic E-state index is 0. The van der Waals surface area contributed by atoms with Gasteiger partial charge < -0.3 is 21.9 Å². The van der Waals surface area contributed by atoms with Crippen LogP contribution in [-0.2, 0) is 14.1 Å². The third-order valence-electron chi connectivity index (χ3n) is 0. The Labute approximate surface area is 221 Å². The number of hydrogen-bond acceptors (Lipinski definition) is 3. The van der Waals surface area contributed by atoms with Crippen molar-refractivity contribution < 1.29 is 51.1 Å². The summed E-state index contributed by atoms with van der Waals surface area (Å²) >= 11 is 0. The molecule has 0 spiro atoms. The predicted molar refractivity (Wildman–Crippen MR) is 57.7 cm³/mol. The van der Waals surface area contributed by atoms with Crippen molar-refractivity contribution in [3.63, 3.8) is 0 Å². The molecule has 0 fully saturated rings. The Bertz CT molecular complexity index is 58.1. The summed E-state index contributed by atoms with van der Waals surface area (Å²) in [5.41, 5.74) is 0. The van der Waals surface area contributed by atoms with Gasteiger partial charge in [-0.15, -0.1) is 0 Å². The van der Waals surface area contributed by atoms with Crippen molar-refractivity contribution >= 4 is 176 Å². The fraction of sp³-hybridized carbons (Fsp3) is 0. The van der Waals surface area contributed by atoms with Gasteiger partial charge in [0.2, 0.25) is 0 Å². The van der Waals surface area contributed by atoms with Crippen LogP contribution in [0.3, 0.4) is 0 Å². The van der Waals surface area contributed by atoms with Gasteiger partial charge in [0.25, 0.3) is 0 Å². The van der Waals surface area contributed by atoms with Crippen molar-refractivity contribution in [3.8, 4) is 0 Å². The molecule has 11 N–H and O–H groups in total. The Morgan fingerprint density at radius 1 is 0.500 bits per heavy atom. The van der Waals surface area contributed by atoms with Crippen molar-refractivity contribution in [1.82, 2.24) is 0 Å². The monoisotopic (exact) mass is 321 g/mol. The first-order chi connectivity index (χ1) is 4.24. The summed E-state index contributed by atoms with van der Waals surface area (Å²) in [6.07, 6.45) is 0. The summed E-state index contributed by atoms with van der Waals surface area (Å²) < 4.78 is 25.1. The Balaban J connectivity index is -0.00000000346. The summed E-state index contributed by atoms with van der Waals surface area (Å²) in [5.74, 6) is 0. The Morgan fingerprint density at radius 3 is 0.500 bits per heavy atom. The fourth-order valence-corrected chi connectivity index (χ4v) is 0. The van der Waals surface area contributed by atoms with Crippen LogP contribution >= 0.6 is 0 Å². The van der Waals surface area contributed by atoms with E-state index in [0.29, 0.717) is 0 Å². The van der Waals surface area contributed by atoms with E-state index in [1.54, 1.807) is 0 Å². The van der Waals surface area contributed by atoms with Crippen molar-refractivity contribution in [2.75, 3.05) is 0 Å². The molecule has 0 atom stereocenters. The molecular weight excluding hydrogens is 310 g/mol. The number of rotatable bonds is 0. The Hall–Kier alpha value is 3.74. The first-order valence-corrected chi connectivity index (χ1v) is 1.48. The maximum absolute atomic E-state index is 8.36. The zero-order valence-electron chi connectivity index (χ0n) is 9.30. The molecule has 0 aromatic carbocycles. The molecule has 0 saturated carbocycles. The summed E-state index contributed by atoms with van der Waals surface area (Å²) in [6.45, 7) is 0. The molecule has 0 aliphatic rings. The Kier molecular flexibility index (Phi) is 593. The molecule has 83 valence electrons. The first-order valence-electron chi connectivity index (χ1n) is 1.48. The van der Waals surface area contributed by atoms with E-state index >= 15 is 0 Å². The third kappa shape index (κ3) is 355. The summed E-state index contributed by atoms with van der Waals surface area (Å²) in [5, 5.41) is 20.7. The molecule has 10 nitrogen and oxygen atoms in total. The maximum Gasteiger partial charge on any atom is 0 e. The SMILES string of the molecule is O.O.O.O.O=BO.O=BO.O=BO.[K].[K].[K]. The van der Waals surface area contributed by atoms with Gasteiger partial charge in [0.15, 0.2) is 0 Å². The summed E-state index contributed by atoms with van der Waals surface area (Å²) in [7, 11) is -0.750. The summed E-state index contributed by atoms with van der Waals surface area (Å²) in [6, 6.07) is 0. The van der Waals surface area contributed by atoms with Crippen LogP contribution in [0, 0.1) is 0 Å². The van der Waals surface area contributed by atoms with Gasteiger partial charge in [-0.2, -0.15) is 0 Å². The quantitative estimate of drug-likeness (QED) is 0.366. The smallest absolute Gasteiger partial charge is 0 e. The van der Waals surface area contributed by atoms with Gasteiger partial charge in [-0.05, 0) is 0 Å². The number of hydrogen-bond donors (Lipinski definition) is 3. The minimum Gasteiger partial charge on any atom is 0 e. The van der Waals surface area contributed by atoms with Crippen LogP contribution in [-0.4, -0.2) is 213 Å². The van der Waals surface area contributed by atoms with Gasteiger partial charge in [0.1, 0.15) is 0 Å². The predicted octanol–water partition coefficient (Wildman–Crippen LogP) is -7.61. The molecule has 0 heterocycles. The van der Waals surface area contributed by atoms with Crippen LogP contribution in [0.15, 0.2) is 0 Å². The molecule has 0 aromatic heterocycles. The van der Waals surface area contributed by atoms with Crippen molar-refractivity contribution in [1.29, 1.82) is 0 Å². The molecule has 16 heteroatoms. The first kappa shape index (κ1) is 73.1. The minimum atomic E-state index is -0.250. The fourth-order valence-electron chi connectivity index (χ4n) is 0. The Morgan fingerprint density at radius 2 is 0.500 bits per heavy atom. The van der Waals surface area contributed by atoms with E-state index in [4.69, 9.17) is 29.2 Å². The molecule has 0 rings (SSSR count). The molecule has 3 radical (unpaired) electrons. The van der Waals surface area contributed by atoms with Crippen LogP contribution in [0.5, 0.6) is 0 Å². The van der Waals surface area contributed by atoms with E-state index in [9.17, 15) is 0 Å². The largest absolute Gasteiger partial charge is 0 e. The van der Waals surface area contributed by atoms with Gasteiger partial charge in [-0.1, -0.05) is 0 Å². The second-order valence-corrected chi connectivity index (χ2v) is 0.316. The van der Waals surface area contributed by atoms with E-state index in [-0.39, 0.29) is 198 Å². The van der Waals surface area contributed by atoms with Gasteiger partial charge in [0, 0.05) is 154 Å². The van der Waals surface area contributed by atoms with Gasteiger partial charge in [0.05, 0.1) is 0 Å². The van der Waals surface area contributed by atoms with Crippen LogP contribution in [0.2, 0.25) is 0 Å². The van der Waals surface area contributed by atoms with E-state index in [1.807, 2.05) is 0 Å². The van der Waals surface area contributed by atoms with E-state index < -0.39 is 0 Å². The second kappa shape index (κ2) is 130. The maximum atomic E-state index is 8.36. The van der Waals surface area contributed by atoms with E-state index in [0.717, 1.165) is 0 Å².